The predicted octanol–water partition coefficient (Wildman–Crippen LogP) is 1.98. The van der Waals surface area contributed by atoms with Gasteiger partial charge in [-0.2, -0.15) is 0 Å². The molecule has 1 aromatic carbocycles. The van der Waals surface area contributed by atoms with Gasteiger partial charge in [-0.05, 0) is 37.5 Å². The molecular formula is C14H18ClN3O2. The Morgan fingerprint density at radius 1 is 1.40 bits per heavy atom. The van der Waals surface area contributed by atoms with Crippen LogP contribution in [0.4, 0.5) is 4.79 Å². The lowest BCUT2D eigenvalue weighted by atomic mass is 10.1. The lowest BCUT2D eigenvalue weighted by Gasteiger charge is -2.14. The standard InChI is InChI=1S/C14H18ClN3O2/c1-9(10-3-2-4-11(15)7-10)16-8-13(19)18-14(20)17-12-5-6-12/h2-4,7,9,12,16H,5-6,8H2,1H3,(H2,17,18,19,20)/t9-/m1/s1. The first-order valence-electron chi connectivity index (χ1n) is 6.64. The fourth-order valence-electron chi connectivity index (χ4n) is 1.76. The monoisotopic (exact) mass is 295 g/mol. The molecule has 1 aliphatic carbocycles. The average molecular weight is 296 g/mol. The molecule has 0 spiro atoms. The van der Waals surface area contributed by atoms with Crippen LogP contribution in [0.2, 0.25) is 5.02 Å². The van der Waals surface area contributed by atoms with E-state index >= 15 is 0 Å². The first-order chi connectivity index (χ1) is 9.54. The molecule has 1 fully saturated rings. The summed E-state index contributed by atoms with van der Waals surface area (Å²) < 4.78 is 0. The summed E-state index contributed by atoms with van der Waals surface area (Å²) in [5, 5.41) is 8.69. The molecule has 1 saturated carbocycles. The SMILES string of the molecule is C[C@@H](NCC(=O)NC(=O)NC1CC1)c1cccc(Cl)c1. The number of benzene rings is 1. The minimum atomic E-state index is -0.422. The van der Waals surface area contributed by atoms with Crippen LogP contribution in [0.15, 0.2) is 24.3 Å². The van der Waals surface area contributed by atoms with Gasteiger partial charge in [0.1, 0.15) is 0 Å². The van der Waals surface area contributed by atoms with Crippen LogP contribution in [-0.2, 0) is 4.79 Å². The number of carbonyl (C=O) groups excluding carboxylic acids is 2. The topological polar surface area (TPSA) is 70.2 Å². The quantitative estimate of drug-likeness (QED) is 0.778. The van der Waals surface area contributed by atoms with Crippen LogP contribution in [0.5, 0.6) is 0 Å². The lowest BCUT2D eigenvalue weighted by Crippen LogP contribution is -2.44. The van der Waals surface area contributed by atoms with E-state index in [2.05, 4.69) is 16.0 Å². The molecule has 6 heteroatoms. The highest BCUT2D eigenvalue weighted by Crippen LogP contribution is 2.18. The van der Waals surface area contributed by atoms with Crippen LogP contribution in [-0.4, -0.2) is 24.5 Å². The molecule has 1 aliphatic rings. The van der Waals surface area contributed by atoms with E-state index in [4.69, 9.17) is 11.6 Å². The van der Waals surface area contributed by atoms with Crippen molar-refractivity contribution in [1.82, 2.24) is 16.0 Å². The van der Waals surface area contributed by atoms with Crippen molar-refractivity contribution in [3.8, 4) is 0 Å². The van der Waals surface area contributed by atoms with E-state index in [1.54, 1.807) is 6.07 Å². The van der Waals surface area contributed by atoms with Crippen LogP contribution < -0.4 is 16.0 Å². The average Bonchev–Trinajstić information content (AvgIpc) is 3.19. The molecule has 0 bridgehead atoms. The van der Waals surface area contributed by atoms with Crippen molar-refractivity contribution in [1.29, 1.82) is 0 Å². The number of rotatable bonds is 5. The molecule has 2 rings (SSSR count). The highest BCUT2D eigenvalue weighted by atomic mass is 35.5. The molecule has 0 radical (unpaired) electrons. The van der Waals surface area contributed by atoms with Crippen LogP contribution in [0.3, 0.4) is 0 Å². The fourth-order valence-corrected chi connectivity index (χ4v) is 1.96. The maximum absolute atomic E-state index is 11.6. The first-order valence-corrected chi connectivity index (χ1v) is 7.01. The summed E-state index contributed by atoms with van der Waals surface area (Å²) in [5.74, 6) is -0.350. The minimum Gasteiger partial charge on any atom is -0.335 e. The number of hydrogen-bond donors (Lipinski definition) is 3. The summed E-state index contributed by atoms with van der Waals surface area (Å²) in [4.78, 5) is 23.0. The minimum absolute atomic E-state index is 0.0223. The molecule has 0 aromatic heterocycles. The lowest BCUT2D eigenvalue weighted by molar-refractivity contribution is -0.119. The zero-order chi connectivity index (χ0) is 14.5. The van der Waals surface area contributed by atoms with E-state index in [-0.39, 0.29) is 24.5 Å². The number of nitrogens with one attached hydrogen (secondary N) is 3. The fraction of sp³-hybridized carbons (Fsp3) is 0.429. The van der Waals surface area contributed by atoms with E-state index < -0.39 is 6.03 Å². The second kappa shape index (κ2) is 6.72. The second-order valence-corrected chi connectivity index (χ2v) is 5.39. The Morgan fingerprint density at radius 3 is 2.80 bits per heavy atom. The maximum Gasteiger partial charge on any atom is 0.321 e. The molecule has 108 valence electrons. The van der Waals surface area contributed by atoms with E-state index in [1.165, 1.54) is 0 Å². The van der Waals surface area contributed by atoms with Gasteiger partial charge in [0, 0.05) is 17.1 Å². The Labute approximate surface area is 123 Å². The third kappa shape index (κ3) is 4.83. The van der Waals surface area contributed by atoms with Crippen LogP contribution in [0, 0.1) is 0 Å². The van der Waals surface area contributed by atoms with E-state index in [0.29, 0.717) is 5.02 Å². The number of hydrogen-bond acceptors (Lipinski definition) is 3. The van der Waals surface area contributed by atoms with Crippen molar-refractivity contribution < 1.29 is 9.59 Å². The van der Waals surface area contributed by atoms with Gasteiger partial charge in [0.05, 0.1) is 6.54 Å². The third-order valence-corrected chi connectivity index (χ3v) is 3.32. The highest BCUT2D eigenvalue weighted by molar-refractivity contribution is 6.30. The molecule has 0 unspecified atom stereocenters. The molecule has 0 saturated heterocycles. The van der Waals surface area contributed by atoms with Gasteiger partial charge in [0.25, 0.3) is 0 Å². The van der Waals surface area contributed by atoms with Crippen molar-refractivity contribution in [3.05, 3.63) is 34.9 Å². The summed E-state index contributed by atoms with van der Waals surface area (Å²) in [6.45, 7) is 2.01. The summed E-state index contributed by atoms with van der Waals surface area (Å²) in [6.07, 6.45) is 1.98. The van der Waals surface area contributed by atoms with Gasteiger partial charge in [0.2, 0.25) is 5.91 Å². The van der Waals surface area contributed by atoms with E-state index in [0.717, 1.165) is 18.4 Å². The molecular weight excluding hydrogens is 278 g/mol. The van der Waals surface area contributed by atoms with Crippen LogP contribution >= 0.6 is 11.6 Å². The number of urea groups is 1. The summed E-state index contributed by atoms with van der Waals surface area (Å²) in [6, 6.07) is 7.23. The normalized spacial score (nSPS) is 15.5. The maximum atomic E-state index is 11.6. The third-order valence-electron chi connectivity index (χ3n) is 3.08. The molecule has 0 aliphatic heterocycles. The molecule has 1 atom stereocenters. The first kappa shape index (κ1) is 14.8. The van der Waals surface area contributed by atoms with E-state index in [9.17, 15) is 9.59 Å². The van der Waals surface area contributed by atoms with E-state index in [1.807, 2.05) is 25.1 Å². The number of imide groups is 1. The Morgan fingerprint density at radius 2 is 2.15 bits per heavy atom. The van der Waals surface area contributed by atoms with Crippen molar-refractivity contribution in [2.24, 2.45) is 0 Å². The smallest absolute Gasteiger partial charge is 0.321 e. The van der Waals surface area contributed by atoms with Crippen LogP contribution in [0.1, 0.15) is 31.4 Å². The number of amides is 3. The Balaban J connectivity index is 1.73. The van der Waals surface area contributed by atoms with Gasteiger partial charge >= 0.3 is 6.03 Å². The molecule has 1 aromatic rings. The number of carbonyl (C=O) groups is 2. The molecule has 5 nitrogen and oxygen atoms in total. The van der Waals surface area contributed by atoms with Gasteiger partial charge in [-0.1, -0.05) is 23.7 Å². The Hall–Kier alpha value is -1.59. The molecule has 20 heavy (non-hydrogen) atoms. The van der Waals surface area contributed by atoms with Gasteiger partial charge < -0.3 is 10.6 Å². The molecule has 3 N–H and O–H groups in total. The Bertz CT molecular complexity index is 503. The van der Waals surface area contributed by atoms with Gasteiger partial charge in [0.15, 0.2) is 0 Å². The van der Waals surface area contributed by atoms with Crippen LogP contribution in [0.25, 0.3) is 0 Å². The van der Waals surface area contributed by atoms with Gasteiger partial charge in [-0.3, -0.25) is 10.1 Å². The summed E-state index contributed by atoms with van der Waals surface area (Å²) in [7, 11) is 0. The van der Waals surface area contributed by atoms with Crippen molar-refractivity contribution in [2.45, 2.75) is 31.8 Å². The summed E-state index contributed by atoms with van der Waals surface area (Å²) in [5.41, 5.74) is 0.993. The van der Waals surface area contributed by atoms with Crippen molar-refractivity contribution in [2.75, 3.05) is 6.54 Å². The largest absolute Gasteiger partial charge is 0.335 e. The zero-order valence-corrected chi connectivity index (χ0v) is 12.0. The van der Waals surface area contributed by atoms with Gasteiger partial charge in [-0.25, -0.2) is 4.79 Å². The van der Waals surface area contributed by atoms with Crippen molar-refractivity contribution in [3.63, 3.8) is 0 Å². The number of halogens is 1. The summed E-state index contributed by atoms with van der Waals surface area (Å²) >= 11 is 5.91. The predicted molar refractivity (Wildman–Crippen MR) is 77.6 cm³/mol. The molecule has 3 amide bonds. The zero-order valence-electron chi connectivity index (χ0n) is 11.3. The van der Waals surface area contributed by atoms with Crippen molar-refractivity contribution >= 4 is 23.5 Å². The van der Waals surface area contributed by atoms with Gasteiger partial charge in [-0.15, -0.1) is 0 Å². The highest BCUT2D eigenvalue weighted by Gasteiger charge is 2.23. The molecule has 0 heterocycles. The Kier molecular flexibility index (Phi) is 4.98. The second-order valence-electron chi connectivity index (χ2n) is 4.95.